The van der Waals surface area contributed by atoms with Gasteiger partial charge in [0, 0.05) is 13.7 Å². The highest BCUT2D eigenvalue weighted by atomic mass is 35.5. The van der Waals surface area contributed by atoms with Crippen LogP contribution in [0.1, 0.15) is 17.5 Å². The first-order valence-electron chi connectivity index (χ1n) is 4.42. The van der Waals surface area contributed by atoms with Crippen molar-refractivity contribution in [3.63, 3.8) is 0 Å². The van der Waals surface area contributed by atoms with Crippen LogP contribution in [-0.4, -0.2) is 28.7 Å². The lowest BCUT2D eigenvalue weighted by atomic mass is 10.3. The van der Waals surface area contributed by atoms with E-state index in [-0.39, 0.29) is 5.38 Å². The molecule has 0 aromatic carbocycles. The molecule has 0 aliphatic heterocycles. The van der Waals surface area contributed by atoms with Crippen LogP contribution in [0.3, 0.4) is 0 Å². The van der Waals surface area contributed by atoms with Crippen LogP contribution in [0.25, 0.3) is 0 Å². The highest BCUT2D eigenvalue weighted by Crippen LogP contribution is 2.19. The summed E-state index contributed by atoms with van der Waals surface area (Å²) in [5.74, 6) is 0. The molecule has 0 spiro atoms. The molecule has 0 saturated heterocycles. The maximum atomic E-state index is 6.08. The van der Waals surface area contributed by atoms with Gasteiger partial charge in [0.25, 0.3) is 0 Å². The van der Waals surface area contributed by atoms with Crippen molar-refractivity contribution in [2.45, 2.75) is 18.3 Å². The van der Waals surface area contributed by atoms with Gasteiger partial charge in [-0.3, -0.25) is 0 Å². The highest BCUT2D eigenvalue weighted by molar-refractivity contribution is 6.20. The molecule has 1 aromatic heterocycles. The maximum Gasteiger partial charge on any atom is 0.100 e. The fraction of sp³-hybridized carbons (Fsp3) is 0.556. The fourth-order valence-electron chi connectivity index (χ4n) is 1.13. The molecule has 4 nitrogen and oxygen atoms in total. The van der Waals surface area contributed by atoms with Crippen LogP contribution < -0.4 is 0 Å². The largest absolute Gasteiger partial charge is 0.383 e. The monoisotopic (exact) mass is 215 g/mol. The van der Waals surface area contributed by atoms with E-state index in [4.69, 9.17) is 16.3 Å². The van der Waals surface area contributed by atoms with Gasteiger partial charge in [-0.2, -0.15) is 0 Å². The number of aromatic nitrogens is 3. The maximum absolute atomic E-state index is 6.08. The smallest absolute Gasteiger partial charge is 0.100 e. The van der Waals surface area contributed by atoms with Gasteiger partial charge in [0.1, 0.15) is 5.38 Å². The lowest BCUT2D eigenvalue weighted by molar-refractivity contribution is 0.196. The first-order valence-corrected chi connectivity index (χ1v) is 4.85. The van der Waals surface area contributed by atoms with Crippen molar-refractivity contribution in [2.24, 2.45) is 0 Å². The van der Waals surface area contributed by atoms with Gasteiger partial charge in [0.05, 0.1) is 18.5 Å². The molecule has 1 heterocycles. The van der Waals surface area contributed by atoms with Gasteiger partial charge in [-0.25, -0.2) is 4.68 Å². The fourth-order valence-corrected chi connectivity index (χ4v) is 1.42. The van der Waals surface area contributed by atoms with Crippen LogP contribution in [0.2, 0.25) is 0 Å². The van der Waals surface area contributed by atoms with Gasteiger partial charge in [0.2, 0.25) is 0 Å². The molecule has 0 amide bonds. The number of allylic oxidation sites excluding steroid dienone is 1. The zero-order valence-electron chi connectivity index (χ0n) is 8.19. The summed E-state index contributed by atoms with van der Waals surface area (Å²) >= 11 is 6.08. The first-order chi connectivity index (χ1) is 6.79. The Bertz CT molecular complexity index is 287. The molecular weight excluding hydrogens is 202 g/mol. The average molecular weight is 216 g/mol. The van der Waals surface area contributed by atoms with E-state index in [1.807, 2.05) is 6.08 Å². The third-order valence-electron chi connectivity index (χ3n) is 1.83. The minimum atomic E-state index is -0.195. The van der Waals surface area contributed by atoms with Crippen LogP contribution in [0.15, 0.2) is 18.9 Å². The number of hydrogen-bond acceptors (Lipinski definition) is 3. The zero-order chi connectivity index (χ0) is 10.4. The van der Waals surface area contributed by atoms with Crippen molar-refractivity contribution in [1.82, 2.24) is 15.0 Å². The third-order valence-corrected chi connectivity index (χ3v) is 2.18. The van der Waals surface area contributed by atoms with Gasteiger partial charge >= 0.3 is 0 Å². The molecule has 1 rings (SSSR count). The van der Waals surface area contributed by atoms with Gasteiger partial charge in [0.15, 0.2) is 0 Å². The van der Waals surface area contributed by atoms with E-state index in [0.29, 0.717) is 6.61 Å². The molecule has 0 fully saturated rings. The molecule has 5 heteroatoms. The van der Waals surface area contributed by atoms with Gasteiger partial charge in [-0.1, -0.05) is 11.3 Å². The summed E-state index contributed by atoms with van der Waals surface area (Å²) in [6.07, 6.45) is 4.36. The topological polar surface area (TPSA) is 39.9 Å². The number of rotatable bonds is 6. The molecule has 1 atom stereocenters. The van der Waals surface area contributed by atoms with Crippen molar-refractivity contribution in [3.05, 3.63) is 24.5 Å². The Morgan fingerprint density at radius 3 is 3.21 bits per heavy atom. The van der Waals surface area contributed by atoms with Crippen molar-refractivity contribution >= 4 is 11.6 Å². The molecule has 14 heavy (non-hydrogen) atoms. The number of hydrogen-bond donors (Lipinski definition) is 0. The van der Waals surface area contributed by atoms with Crippen LogP contribution in [0.4, 0.5) is 0 Å². The van der Waals surface area contributed by atoms with E-state index >= 15 is 0 Å². The van der Waals surface area contributed by atoms with Crippen molar-refractivity contribution in [1.29, 1.82) is 0 Å². The first kappa shape index (κ1) is 11.2. The molecule has 0 bridgehead atoms. The Morgan fingerprint density at radius 1 is 1.79 bits per heavy atom. The standard InChI is InChI=1S/C9H14ClN3O/c1-3-4-5-13-9(6-11-12-13)8(10)7-14-2/h3,6,8H,1,4-5,7H2,2H3. The number of nitrogens with zero attached hydrogens (tertiary/aromatic N) is 3. The normalized spacial score (nSPS) is 12.7. The summed E-state index contributed by atoms with van der Waals surface area (Å²) in [7, 11) is 1.62. The lowest BCUT2D eigenvalue weighted by Crippen LogP contribution is -2.09. The molecule has 1 unspecified atom stereocenters. The number of halogens is 1. The summed E-state index contributed by atoms with van der Waals surface area (Å²) in [5, 5.41) is 7.56. The quantitative estimate of drug-likeness (QED) is 0.537. The van der Waals surface area contributed by atoms with Gasteiger partial charge in [-0.05, 0) is 6.42 Å². The SMILES string of the molecule is C=CCCn1nncc1C(Cl)COC. The third kappa shape index (κ3) is 2.82. The molecule has 0 aliphatic carbocycles. The number of methoxy groups -OCH3 is 1. The zero-order valence-corrected chi connectivity index (χ0v) is 8.94. The minimum absolute atomic E-state index is 0.195. The Kier molecular flexibility index (Phi) is 4.62. The molecule has 1 aromatic rings. The molecule has 0 saturated carbocycles. The number of aryl methyl sites for hydroxylation is 1. The van der Waals surface area contributed by atoms with Gasteiger partial charge in [-0.15, -0.1) is 23.3 Å². The van der Waals surface area contributed by atoms with Crippen molar-refractivity contribution in [3.8, 4) is 0 Å². The second kappa shape index (κ2) is 5.78. The summed E-state index contributed by atoms with van der Waals surface area (Å²) in [5.41, 5.74) is 0.885. The molecule has 0 N–H and O–H groups in total. The Balaban J connectivity index is 2.65. The van der Waals surface area contributed by atoms with Gasteiger partial charge < -0.3 is 4.74 Å². The molecule has 0 aliphatic rings. The minimum Gasteiger partial charge on any atom is -0.383 e. The molecular formula is C9H14ClN3O. The number of ether oxygens (including phenoxy) is 1. The summed E-state index contributed by atoms with van der Waals surface area (Å²) in [6, 6.07) is 0. The predicted octanol–water partition coefficient (Wildman–Crippen LogP) is 1.78. The van der Waals surface area contributed by atoms with E-state index < -0.39 is 0 Å². The van der Waals surface area contributed by atoms with Crippen LogP contribution in [0.5, 0.6) is 0 Å². The number of alkyl halides is 1. The van der Waals surface area contributed by atoms with Crippen molar-refractivity contribution < 1.29 is 4.74 Å². The van der Waals surface area contributed by atoms with Crippen LogP contribution >= 0.6 is 11.6 Å². The second-order valence-corrected chi connectivity index (χ2v) is 3.41. The van der Waals surface area contributed by atoms with E-state index in [2.05, 4.69) is 16.9 Å². The molecule has 0 radical (unpaired) electrons. The van der Waals surface area contributed by atoms with Crippen LogP contribution in [0, 0.1) is 0 Å². The van der Waals surface area contributed by atoms with Crippen molar-refractivity contribution in [2.75, 3.05) is 13.7 Å². The Labute approximate surface area is 88.5 Å². The lowest BCUT2D eigenvalue weighted by Gasteiger charge is -2.09. The van der Waals surface area contributed by atoms with E-state index in [1.165, 1.54) is 0 Å². The van der Waals surface area contributed by atoms with E-state index in [0.717, 1.165) is 18.7 Å². The molecule has 78 valence electrons. The van der Waals surface area contributed by atoms with E-state index in [1.54, 1.807) is 18.0 Å². The summed E-state index contributed by atoms with van der Waals surface area (Å²) in [6.45, 7) is 4.87. The second-order valence-electron chi connectivity index (χ2n) is 2.88. The summed E-state index contributed by atoms with van der Waals surface area (Å²) in [4.78, 5) is 0. The summed E-state index contributed by atoms with van der Waals surface area (Å²) < 4.78 is 6.74. The average Bonchev–Trinajstić information content (AvgIpc) is 2.63. The van der Waals surface area contributed by atoms with Crippen LogP contribution in [-0.2, 0) is 11.3 Å². The Hall–Kier alpha value is -0.870. The Morgan fingerprint density at radius 2 is 2.57 bits per heavy atom. The predicted molar refractivity (Wildman–Crippen MR) is 55.3 cm³/mol. The highest BCUT2D eigenvalue weighted by Gasteiger charge is 2.13. The van der Waals surface area contributed by atoms with E-state index in [9.17, 15) is 0 Å².